The third-order valence-corrected chi connectivity index (χ3v) is 5.82. The Morgan fingerprint density at radius 1 is 1.00 bits per heavy atom. The Morgan fingerprint density at radius 2 is 1.62 bits per heavy atom. The molecule has 4 atom stereocenters. The fraction of sp³-hybridized carbons (Fsp3) is 0.933. The molecule has 0 saturated heterocycles. The van der Waals surface area contributed by atoms with Gasteiger partial charge < -0.3 is 10.4 Å². The van der Waals surface area contributed by atoms with Crippen molar-refractivity contribution in [2.45, 2.75) is 63.2 Å². The molecule has 6 heteroatoms. The van der Waals surface area contributed by atoms with Crippen LogP contribution in [0, 0.1) is 23.7 Å². The van der Waals surface area contributed by atoms with Crippen molar-refractivity contribution in [3.8, 4) is 0 Å². The summed E-state index contributed by atoms with van der Waals surface area (Å²) in [6, 6.07) is 0.0171. The van der Waals surface area contributed by atoms with E-state index >= 15 is 0 Å². The molecular weight excluding hydrogens is 283 g/mol. The van der Waals surface area contributed by atoms with E-state index in [4.69, 9.17) is 0 Å². The molecule has 0 aromatic carbocycles. The molecule has 0 heterocycles. The second-order valence-electron chi connectivity index (χ2n) is 6.98. The molecule has 21 heavy (non-hydrogen) atoms. The summed E-state index contributed by atoms with van der Waals surface area (Å²) >= 11 is 0. The van der Waals surface area contributed by atoms with E-state index in [1.165, 1.54) is 0 Å². The summed E-state index contributed by atoms with van der Waals surface area (Å²) < 4.78 is 38.0. The predicted octanol–water partition coefficient (Wildman–Crippen LogP) is 3.20. The first-order valence-corrected chi connectivity index (χ1v) is 7.92. The number of hydrogen-bond acceptors (Lipinski definition) is 2. The van der Waals surface area contributed by atoms with Crippen molar-refractivity contribution in [2.24, 2.45) is 23.7 Å². The molecule has 3 aliphatic rings. The molecule has 3 nitrogen and oxygen atoms in total. The van der Waals surface area contributed by atoms with Crippen molar-refractivity contribution in [1.82, 2.24) is 5.32 Å². The van der Waals surface area contributed by atoms with Crippen LogP contribution < -0.4 is 5.32 Å². The average molecular weight is 305 g/mol. The second kappa shape index (κ2) is 5.45. The van der Waals surface area contributed by atoms with Gasteiger partial charge in [0.15, 0.2) is 0 Å². The van der Waals surface area contributed by atoms with Gasteiger partial charge in [-0.05, 0) is 56.8 Å². The van der Waals surface area contributed by atoms with Crippen LogP contribution in [0.4, 0.5) is 13.2 Å². The van der Waals surface area contributed by atoms with Gasteiger partial charge in [-0.1, -0.05) is 0 Å². The number of rotatable bonds is 3. The summed E-state index contributed by atoms with van der Waals surface area (Å²) in [5.74, 6) is -1.61. The van der Waals surface area contributed by atoms with Crippen LogP contribution in [-0.2, 0) is 4.79 Å². The molecule has 0 aromatic rings. The van der Waals surface area contributed by atoms with Crippen molar-refractivity contribution in [3.05, 3.63) is 0 Å². The number of carbonyl (C=O) groups is 1. The normalized spacial score (nSPS) is 43.2. The van der Waals surface area contributed by atoms with Gasteiger partial charge in [-0.15, -0.1) is 0 Å². The van der Waals surface area contributed by atoms with Crippen LogP contribution in [0.1, 0.15) is 44.9 Å². The van der Waals surface area contributed by atoms with Crippen molar-refractivity contribution < 1.29 is 23.1 Å². The van der Waals surface area contributed by atoms with E-state index in [0.29, 0.717) is 18.8 Å². The van der Waals surface area contributed by atoms with Gasteiger partial charge in [0.25, 0.3) is 0 Å². The summed E-state index contributed by atoms with van der Waals surface area (Å²) in [4.78, 5) is 11.4. The summed E-state index contributed by atoms with van der Waals surface area (Å²) in [5.41, 5.74) is 0. The highest BCUT2D eigenvalue weighted by Crippen LogP contribution is 2.49. The zero-order valence-electron chi connectivity index (χ0n) is 11.9. The van der Waals surface area contributed by atoms with Gasteiger partial charge in [-0.2, -0.15) is 13.2 Å². The number of hydrogen-bond donors (Lipinski definition) is 2. The minimum Gasteiger partial charge on any atom is -0.481 e. The molecular formula is C15H22F3NO2. The highest BCUT2D eigenvalue weighted by Gasteiger charge is 2.51. The van der Waals surface area contributed by atoms with Crippen LogP contribution in [0.2, 0.25) is 0 Å². The predicted molar refractivity (Wildman–Crippen MR) is 70.7 cm³/mol. The summed E-state index contributed by atoms with van der Waals surface area (Å²) in [7, 11) is 0. The van der Waals surface area contributed by atoms with Gasteiger partial charge in [0.1, 0.15) is 0 Å². The lowest BCUT2D eigenvalue weighted by Gasteiger charge is -2.36. The molecule has 0 aliphatic heterocycles. The Labute approximate surface area is 122 Å². The Balaban J connectivity index is 1.57. The molecule has 3 aliphatic carbocycles. The van der Waals surface area contributed by atoms with E-state index in [1.54, 1.807) is 0 Å². The number of aliphatic carboxylic acids is 1. The number of halogens is 3. The van der Waals surface area contributed by atoms with Gasteiger partial charge in [0.2, 0.25) is 0 Å². The Morgan fingerprint density at radius 3 is 2.19 bits per heavy atom. The standard InChI is InChI=1S/C15H22F3NO2/c16-15(17,18)10-3-5-11(6-4-10)19-13-9-2-1-8(7-9)12(13)14(20)21/h8-13,19H,1-7H2,(H,20,21). The van der Waals surface area contributed by atoms with Gasteiger partial charge in [0.05, 0.1) is 11.8 Å². The fourth-order valence-electron chi connectivity index (χ4n) is 4.75. The number of carboxylic acid groups (broad SMARTS) is 1. The van der Waals surface area contributed by atoms with E-state index in [9.17, 15) is 23.1 Å². The highest BCUT2D eigenvalue weighted by molar-refractivity contribution is 5.72. The van der Waals surface area contributed by atoms with E-state index in [0.717, 1.165) is 19.3 Å². The molecule has 0 aromatic heterocycles. The third-order valence-electron chi connectivity index (χ3n) is 5.82. The molecule has 3 rings (SSSR count). The van der Waals surface area contributed by atoms with E-state index in [1.807, 2.05) is 0 Å². The van der Waals surface area contributed by atoms with Crippen LogP contribution in [-0.4, -0.2) is 29.3 Å². The average Bonchev–Trinajstić information content (AvgIpc) is 2.98. The van der Waals surface area contributed by atoms with Gasteiger partial charge in [0, 0.05) is 12.1 Å². The summed E-state index contributed by atoms with van der Waals surface area (Å²) in [5, 5.41) is 12.8. The monoisotopic (exact) mass is 305 g/mol. The first-order valence-electron chi connectivity index (χ1n) is 7.92. The van der Waals surface area contributed by atoms with Crippen LogP contribution in [0.25, 0.3) is 0 Å². The lowest BCUT2D eigenvalue weighted by Crippen LogP contribution is -2.50. The molecule has 0 spiro atoms. The van der Waals surface area contributed by atoms with Gasteiger partial charge in [-0.25, -0.2) is 0 Å². The summed E-state index contributed by atoms with van der Waals surface area (Å²) in [6.07, 6.45) is 0.270. The molecule has 3 fully saturated rings. The Bertz CT molecular complexity index is 404. The lowest BCUT2D eigenvalue weighted by atomic mass is 9.81. The number of alkyl halides is 3. The highest BCUT2D eigenvalue weighted by atomic mass is 19.4. The topological polar surface area (TPSA) is 49.3 Å². The molecule has 2 bridgehead atoms. The Hall–Kier alpha value is -0.780. The van der Waals surface area contributed by atoms with Crippen LogP contribution >= 0.6 is 0 Å². The van der Waals surface area contributed by atoms with Crippen molar-refractivity contribution in [3.63, 3.8) is 0 Å². The smallest absolute Gasteiger partial charge is 0.391 e. The molecule has 2 N–H and O–H groups in total. The second-order valence-corrected chi connectivity index (χ2v) is 6.98. The third kappa shape index (κ3) is 2.91. The number of fused-ring (bicyclic) bond motifs is 2. The lowest BCUT2D eigenvalue weighted by molar-refractivity contribution is -0.182. The number of carboxylic acids is 1. The van der Waals surface area contributed by atoms with Crippen LogP contribution in [0.5, 0.6) is 0 Å². The summed E-state index contributed by atoms with van der Waals surface area (Å²) in [6.45, 7) is 0. The molecule has 0 radical (unpaired) electrons. The molecule has 4 unspecified atom stereocenters. The zero-order valence-corrected chi connectivity index (χ0v) is 11.9. The maximum Gasteiger partial charge on any atom is 0.391 e. The fourth-order valence-corrected chi connectivity index (χ4v) is 4.75. The van der Waals surface area contributed by atoms with Crippen LogP contribution in [0.15, 0.2) is 0 Å². The zero-order chi connectivity index (χ0) is 15.2. The van der Waals surface area contributed by atoms with Gasteiger partial charge >= 0.3 is 12.1 Å². The van der Waals surface area contributed by atoms with Crippen molar-refractivity contribution in [1.29, 1.82) is 0 Å². The first kappa shape index (κ1) is 15.1. The van der Waals surface area contributed by atoms with Crippen molar-refractivity contribution >= 4 is 5.97 Å². The molecule has 0 amide bonds. The van der Waals surface area contributed by atoms with Crippen molar-refractivity contribution in [2.75, 3.05) is 0 Å². The van der Waals surface area contributed by atoms with E-state index in [2.05, 4.69) is 5.32 Å². The minimum absolute atomic E-state index is 0.0336. The largest absolute Gasteiger partial charge is 0.481 e. The minimum atomic E-state index is -4.08. The van der Waals surface area contributed by atoms with Gasteiger partial charge in [-0.3, -0.25) is 4.79 Å². The number of nitrogens with one attached hydrogen (secondary N) is 1. The maximum atomic E-state index is 12.7. The molecule has 3 saturated carbocycles. The van der Waals surface area contributed by atoms with Crippen LogP contribution in [0.3, 0.4) is 0 Å². The first-order chi connectivity index (χ1) is 9.86. The SMILES string of the molecule is O=C(O)C1C2CCC(C2)C1NC1CCC(C(F)(F)F)CC1. The Kier molecular flexibility index (Phi) is 3.93. The van der Waals surface area contributed by atoms with E-state index < -0.39 is 18.1 Å². The quantitative estimate of drug-likeness (QED) is 0.842. The van der Waals surface area contributed by atoms with E-state index in [-0.39, 0.29) is 36.8 Å². The maximum absolute atomic E-state index is 12.7. The molecule has 120 valence electrons.